The molecule has 0 amide bonds. The van der Waals surface area contributed by atoms with Gasteiger partial charge in [0.15, 0.2) is 0 Å². The Hall–Kier alpha value is -0.130. The highest BCUT2D eigenvalue weighted by atomic mass is 127. The third-order valence-electron chi connectivity index (χ3n) is 2.91. The van der Waals surface area contributed by atoms with Gasteiger partial charge in [-0.1, -0.05) is 18.2 Å². The molecule has 0 spiro atoms. The van der Waals surface area contributed by atoms with Gasteiger partial charge in [0.2, 0.25) is 0 Å². The van der Waals surface area contributed by atoms with Crippen LogP contribution >= 0.6 is 22.6 Å². The molecular formula is C12H16INO. The second-order valence-corrected chi connectivity index (χ2v) is 5.14. The van der Waals surface area contributed by atoms with Crippen LogP contribution in [0.15, 0.2) is 24.3 Å². The van der Waals surface area contributed by atoms with E-state index < -0.39 is 0 Å². The molecule has 1 aliphatic rings. The molecule has 0 aliphatic carbocycles. The lowest BCUT2D eigenvalue weighted by atomic mass is 10.2. The van der Waals surface area contributed by atoms with E-state index in [1.165, 1.54) is 15.6 Å². The van der Waals surface area contributed by atoms with Crippen LogP contribution in [0.4, 0.5) is 0 Å². The molecule has 3 heteroatoms. The predicted molar refractivity (Wildman–Crippen MR) is 69.9 cm³/mol. The fraction of sp³-hybridized carbons (Fsp3) is 0.500. The van der Waals surface area contributed by atoms with E-state index in [9.17, 15) is 0 Å². The molecule has 1 unspecified atom stereocenters. The lowest BCUT2D eigenvalue weighted by molar-refractivity contribution is 0.107. The molecule has 2 nitrogen and oxygen atoms in total. The zero-order valence-electron chi connectivity index (χ0n) is 8.95. The van der Waals surface area contributed by atoms with Crippen molar-refractivity contribution in [1.29, 1.82) is 0 Å². The minimum absolute atomic E-state index is 0.436. The SMILES string of the molecule is COC1CCN(Cc2ccccc2I)C1. The maximum Gasteiger partial charge on any atom is 0.0710 e. The summed E-state index contributed by atoms with van der Waals surface area (Å²) in [5.41, 5.74) is 1.43. The van der Waals surface area contributed by atoms with E-state index in [4.69, 9.17) is 4.74 Å². The van der Waals surface area contributed by atoms with Gasteiger partial charge >= 0.3 is 0 Å². The third kappa shape index (κ3) is 2.92. The number of ether oxygens (including phenoxy) is 1. The maximum absolute atomic E-state index is 5.37. The summed E-state index contributed by atoms with van der Waals surface area (Å²) < 4.78 is 6.72. The number of likely N-dealkylation sites (tertiary alicyclic amines) is 1. The number of nitrogens with zero attached hydrogens (tertiary/aromatic N) is 1. The number of hydrogen-bond acceptors (Lipinski definition) is 2. The number of benzene rings is 1. The highest BCUT2D eigenvalue weighted by molar-refractivity contribution is 14.1. The lowest BCUT2D eigenvalue weighted by Crippen LogP contribution is -2.22. The summed E-state index contributed by atoms with van der Waals surface area (Å²) in [6, 6.07) is 8.58. The molecule has 1 heterocycles. The quantitative estimate of drug-likeness (QED) is 0.795. The second kappa shape index (κ2) is 5.27. The Balaban J connectivity index is 1.96. The van der Waals surface area contributed by atoms with E-state index in [1.54, 1.807) is 7.11 Å². The zero-order valence-corrected chi connectivity index (χ0v) is 11.1. The predicted octanol–water partition coefficient (Wildman–Crippen LogP) is 2.51. The Morgan fingerprint density at radius 1 is 1.47 bits per heavy atom. The summed E-state index contributed by atoms with van der Waals surface area (Å²) in [6.45, 7) is 3.28. The van der Waals surface area contributed by atoms with Crippen LogP contribution in [0.25, 0.3) is 0 Å². The van der Waals surface area contributed by atoms with Crippen molar-refractivity contribution in [2.24, 2.45) is 0 Å². The van der Waals surface area contributed by atoms with E-state index >= 15 is 0 Å². The van der Waals surface area contributed by atoms with Gasteiger partial charge in [0.25, 0.3) is 0 Å². The van der Waals surface area contributed by atoms with Gasteiger partial charge in [0.1, 0.15) is 0 Å². The van der Waals surface area contributed by atoms with E-state index in [-0.39, 0.29) is 0 Å². The van der Waals surface area contributed by atoms with Crippen LogP contribution in [-0.2, 0) is 11.3 Å². The van der Waals surface area contributed by atoms with Crippen molar-refractivity contribution in [1.82, 2.24) is 4.90 Å². The standard InChI is InChI=1S/C12H16INO/c1-15-11-6-7-14(9-11)8-10-4-2-3-5-12(10)13/h2-5,11H,6-9H2,1H3. The van der Waals surface area contributed by atoms with Gasteiger partial charge in [0, 0.05) is 30.3 Å². The lowest BCUT2D eigenvalue weighted by Gasteiger charge is -2.16. The average molecular weight is 317 g/mol. The van der Waals surface area contributed by atoms with Crippen molar-refractivity contribution >= 4 is 22.6 Å². The molecule has 0 saturated carbocycles. The molecule has 0 aromatic heterocycles. The zero-order chi connectivity index (χ0) is 10.7. The number of rotatable bonds is 3. The molecule has 82 valence electrons. The van der Waals surface area contributed by atoms with Gasteiger partial charge in [-0.15, -0.1) is 0 Å². The number of hydrogen-bond donors (Lipinski definition) is 0. The first-order valence-electron chi connectivity index (χ1n) is 5.28. The number of halogens is 1. The smallest absolute Gasteiger partial charge is 0.0710 e. The topological polar surface area (TPSA) is 12.5 Å². The normalized spacial score (nSPS) is 22.1. The van der Waals surface area contributed by atoms with Gasteiger partial charge in [0.05, 0.1) is 6.10 Å². The van der Waals surface area contributed by atoms with Crippen LogP contribution in [0.2, 0.25) is 0 Å². The van der Waals surface area contributed by atoms with E-state index in [2.05, 4.69) is 51.8 Å². The summed E-state index contributed by atoms with van der Waals surface area (Å²) in [5.74, 6) is 0. The molecule has 0 radical (unpaired) electrons. The van der Waals surface area contributed by atoms with E-state index in [1.807, 2.05) is 0 Å². The summed E-state index contributed by atoms with van der Waals surface area (Å²) in [5, 5.41) is 0. The molecule has 0 N–H and O–H groups in total. The third-order valence-corrected chi connectivity index (χ3v) is 3.97. The van der Waals surface area contributed by atoms with E-state index in [0.29, 0.717) is 6.10 Å². The monoisotopic (exact) mass is 317 g/mol. The minimum Gasteiger partial charge on any atom is -0.380 e. The average Bonchev–Trinajstić information content (AvgIpc) is 2.69. The largest absolute Gasteiger partial charge is 0.380 e. The number of methoxy groups -OCH3 is 1. The van der Waals surface area contributed by atoms with Crippen molar-refractivity contribution in [3.05, 3.63) is 33.4 Å². The Morgan fingerprint density at radius 2 is 2.27 bits per heavy atom. The van der Waals surface area contributed by atoms with Crippen LogP contribution in [0.1, 0.15) is 12.0 Å². The molecule has 2 rings (SSSR count). The van der Waals surface area contributed by atoms with Gasteiger partial charge in [-0.05, 0) is 40.6 Å². The van der Waals surface area contributed by atoms with Crippen LogP contribution in [0.3, 0.4) is 0 Å². The fourth-order valence-electron chi connectivity index (χ4n) is 2.00. The summed E-state index contributed by atoms with van der Waals surface area (Å²) in [4.78, 5) is 2.46. The van der Waals surface area contributed by atoms with Gasteiger partial charge in [-0.2, -0.15) is 0 Å². The Bertz CT molecular complexity index is 329. The maximum atomic E-state index is 5.37. The Kier molecular flexibility index (Phi) is 3.99. The van der Waals surface area contributed by atoms with Gasteiger partial charge in [-0.3, -0.25) is 4.90 Å². The first kappa shape index (κ1) is 11.4. The Morgan fingerprint density at radius 3 is 2.93 bits per heavy atom. The molecule has 1 aromatic rings. The van der Waals surface area contributed by atoms with E-state index in [0.717, 1.165) is 19.6 Å². The van der Waals surface area contributed by atoms with Crippen molar-refractivity contribution in [3.8, 4) is 0 Å². The molecule has 1 atom stereocenters. The summed E-state index contributed by atoms with van der Waals surface area (Å²) in [7, 11) is 1.81. The molecule has 1 aliphatic heterocycles. The first-order chi connectivity index (χ1) is 7.29. The van der Waals surface area contributed by atoms with Gasteiger partial charge < -0.3 is 4.74 Å². The molecule has 1 aromatic carbocycles. The highest BCUT2D eigenvalue weighted by Gasteiger charge is 2.22. The molecule has 1 fully saturated rings. The molecule has 1 saturated heterocycles. The van der Waals surface area contributed by atoms with Gasteiger partial charge in [-0.25, -0.2) is 0 Å². The minimum atomic E-state index is 0.436. The highest BCUT2D eigenvalue weighted by Crippen LogP contribution is 2.18. The molecule has 15 heavy (non-hydrogen) atoms. The van der Waals surface area contributed by atoms with Crippen LogP contribution in [-0.4, -0.2) is 31.2 Å². The summed E-state index contributed by atoms with van der Waals surface area (Å²) >= 11 is 2.40. The Labute approximate surface area is 105 Å². The van der Waals surface area contributed by atoms with Crippen LogP contribution in [0, 0.1) is 3.57 Å². The molecule has 0 bridgehead atoms. The summed E-state index contributed by atoms with van der Waals surface area (Å²) in [6.07, 6.45) is 1.60. The van der Waals surface area contributed by atoms with Crippen LogP contribution in [0.5, 0.6) is 0 Å². The van der Waals surface area contributed by atoms with Crippen molar-refractivity contribution in [3.63, 3.8) is 0 Å². The second-order valence-electron chi connectivity index (χ2n) is 3.97. The molecular weight excluding hydrogens is 301 g/mol. The first-order valence-corrected chi connectivity index (χ1v) is 6.36. The van der Waals surface area contributed by atoms with Crippen molar-refractivity contribution in [2.75, 3.05) is 20.2 Å². The fourth-order valence-corrected chi connectivity index (χ4v) is 2.56. The van der Waals surface area contributed by atoms with Crippen LogP contribution < -0.4 is 0 Å². The van der Waals surface area contributed by atoms with Crippen molar-refractivity contribution < 1.29 is 4.74 Å². The van der Waals surface area contributed by atoms with Crippen molar-refractivity contribution in [2.45, 2.75) is 19.1 Å².